The van der Waals surface area contributed by atoms with Crippen LogP contribution in [0.2, 0.25) is 0 Å². The third-order valence-corrected chi connectivity index (χ3v) is 3.80. The number of carbonyl (C=O) groups is 2. The largest absolute Gasteiger partial charge is 0.354 e. The Morgan fingerprint density at radius 1 is 1.33 bits per heavy atom. The number of carbonyl (C=O) groups excluding carboxylic acids is 2. The number of ketones is 1. The topological polar surface area (TPSA) is 46.2 Å². The summed E-state index contributed by atoms with van der Waals surface area (Å²) in [7, 11) is 0. The maximum atomic E-state index is 11.7. The van der Waals surface area contributed by atoms with Crippen molar-refractivity contribution in [2.75, 3.05) is 0 Å². The molecule has 1 N–H and O–H groups in total. The molecular weight excluding hydrogens is 190 g/mol. The molecule has 15 heavy (non-hydrogen) atoms. The molecule has 84 valence electrons. The van der Waals surface area contributed by atoms with Gasteiger partial charge in [0.25, 0.3) is 0 Å². The minimum Gasteiger partial charge on any atom is -0.354 e. The Morgan fingerprint density at radius 3 is 2.87 bits per heavy atom. The number of hydrogen-bond acceptors (Lipinski definition) is 2. The van der Waals surface area contributed by atoms with Gasteiger partial charge in [-0.2, -0.15) is 0 Å². The molecule has 2 rings (SSSR count). The fourth-order valence-corrected chi connectivity index (χ4v) is 3.15. The SMILES string of the molecule is CC(=O)NC1CCC2C(=O)CCCC2C1. The van der Waals surface area contributed by atoms with Crippen molar-refractivity contribution in [1.29, 1.82) is 0 Å². The second kappa shape index (κ2) is 4.33. The first-order valence-corrected chi connectivity index (χ1v) is 5.96. The molecule has 0 aromatic heterocycles. The van der Waals surface area contributed by atoms with E-state index in [0.717, 1.165) is 32.1 Å². The van der Waals surface area contributed by atoms with Gasteiger partial charge in [0.1, 0.15) is 5.78 Å². The molecule has 0 aromatic carbocycles. The molecule has 0 aliphatic heterocycles. The van der Waals surface area contributed by atoms with Gasteiger partial charge in [-0.25, -0.2) is 0 Å². The van der Waals surface area contributed by atoms with Crippen LogP contribution in [0.25, 0.3) is 0 Å². The van der Waals surface area contributed by atoms with E-state index >= 15 is 0 Å². The van der Waals surface area contributed by atoms with Gasteiger partial charge in [0, 0.05) is 25.3 Å². The van der Waals surface area contributed by atoms with Crippen LogP contribution < -0.4 is 5.32 Å². The van der Waals surface area contributed by atoms with E-state index < -0.39 is 0 Å². The fraction of sp³-hybridized carbons (Fsp3) is 0.833. The Morgan fingerprint density at radius 2 is 2.13 bits per heavy atom. The van der Waals surface area contributed by atoms with Crippen molar-refractivity contribution in [1.82, 2.24) is 5.32 Å². The summed E-state index contributed by atoms with van der Waals surface area (Å²) >= 11 is 0. The summed E-state index contributed by atoms with van der Waals surface area (Å²) in [5, 5.41) is 2.98. The maximum Gasteiger partial charge on any atom is 0.217 e. The van der Waals surface area contributed by atoms with Crippen LogP contribution in [0.4, 0.5) is 0 Å². The van der Waals surface area contributed by atoms with Crippen LogP contribution in [0.1, 0.15) is 45.4 Å². The lowest BCUT2D eigenvalue weighted by Crippen LogP contribution is -2.43. The standard InChI is InChI=1S/C12H19NO2/c1-8(14)13-10-5-6-11-9(7-10)3-2-4-12(11)15/h9-11H,2-7H2,1H3,(H,13,14). The number of rotatable bonds is 1. The van der Waals surface area contributed by atoms with E-state index in [1.807, 2.05) is 0 Å². The molecule has 0 spiro atoms. The summed E-state index contributed by atoms with van der Waals surface area (Å²) in [6.45, 7) is 1.57. The predicted molar refractivity (Wildman–Crippen MR) is 57.3 cm³/mol. The maximum absolute atomic E-state index is 11.7. The molecule has 3 nitrogen and oxygen atoms in total. The minimum atomic E-state index is 0.0561. The molecule has 0 heterocycles. The van der Waals surface area contributed by atoms with Crippen molar-refractivity contribution < 1.29 is 9.59 Å². The second-order valence-electron chi connectivity index (χ2n) is 4.94. The summed E-state index contributed by atoms with van der Waals surface area (Å²) in [5.74, 6) is 1.37. The molecule has 1 amide bonds. The van der Waals surface area contributed by atoms with Gasteiger partial charge in [0.05, 0.1) is 0 Å². The van der Waals surface area contributed by atoms with Gasteiger partial charge in [-0.05, 0) is 38.0 Å². The normalized spacial score (nSPS) is 35.8. The molecule has 0 saturated heterocycles. The Balaban J connectivity index is 1.93. The first-order chi connectivity index (χ1) is 7.16. The molecule has 0 bridgehead atoms. The molecule has 2 fully saturated rings. The third kappa shape index (κ3) is 2.39. The summed E-state index contributed by atoms with van der Waals surface area (Å²) in [6.07, 6.45) is 5.97. The van der Waals surface area contributed by atoms with Crippen molar-refractivity contribution in [3.05, 3.63) is 0 Å². The molecule has 2 aliphatic carbocycles. The second-order valence-corrected chi connectivity index (χ2v) is 4.94. The number of nitrogens with one attached hydrogen (secondary N) is 1. The number of amides is 1. The lowest BCUT2D eigenvalue weighted by molar-refractivity contribution is -0.128. The zero-order valence-electron chi connectivity index (χ0n) is 9.29. The molecule has 2 saturated carbocycles. The van der Waals surface area contributed by atoms with E-state index in [2.05, 4.69) is 5.32 Å². The average Bonchev–Trinajstić information content (AvgIpc) is 2.17. The van der Waals surface area contributed by atoms with Crippen LogP contribution in [0.3, 0.4) is 0 Å². The Kier molecular flexibility index (Phi) is 3.08. The van der Waals surface area contributed by atoms with Crippen LogP contribution in [-0.2, 0) is 9.59 Å². The number of Topliss-reactive ketones (excluding diaryl/α,β-unsaturated/α-hetero) is 1. The average molecular weight is 209 g/mol. The van der Waals surface area contributed by atoms with E-state index in [-0.39, 0.29) is 5.91 Å². The van der Waals surface area contributed by atoms with Crippen molar-refractivity contribution in [2.45, 2.75) is 51.5 Å². The zero-order chi connectivity index (χ0) is 10.8. The fourth-order valence-electron chi connectivity index (χ4n) is 3.15. The molecule has 3 atom stereocenters. The van der Waals surface area contributed by atoms with E-state index in [1.54, 1.807) is 6.92 Å². The summed E-state index contributed by atoms with van der Waals surface area (Å²) < 4.78 is 0. The van der Waals surface area contributed by atoms with Crippen LogP contribution in [0, 0.1) is 11.8 Å². The van der Waals surface area contributed by atoms with Gasteiger partial charge >= 0.3 is 0 Å². The van der Waals surface area contributed by atoms with Gasteiger partial charge in [-0.1, -0.05) is 0 Å². The number of hydrogen-bond donors (Lipinski definition) is 1. The predicted octanol–water partition coefficient (Wildman–Crippen LogP) is 1.66. The first kappa shape index (κ1) is 10.7. The van der Waals surface area contributed by atoms with Gasteiger partial charge in [0.15, 0.2) is 0 Å². The Hall–Kier alpha value is -0.860. The quantitative estimate of drug-likeness (QED) is 0.714. The zero-order valence-corrected chi connectivity index (χ0v) is 9.29. The molecule has 3 heteroatoms. The smallest absolute Gasteiger partial charge is 0.217 e. The first-order valence-electron chi connectivity index (χ1n) is 5.96. The lowest BCUT2D eigenvalue weighted by atomic mass is 9.69. The molecule has 3 unspecified atom stereocenters. The van der Waals surface area contributed by atoms with E-state index in [9.17, 15) is 9.59 Å². The summed E-state index contributed by atoms with van der Waals surface area (Å²) in [6, 6.07) is 0.314. The molecule has 0 radical (unpaired) electrons. The van der Waals surface area contributed by atoms with Gasteiger partial charge in [0.2, 0.25) is 5.91 Å². The summed E-state index contributed by atoms with van der Waals surface area (Å²) in [4.78, 5) is 22.6. The van der Waals surface area contributed by atoms with Crippen LogP contribution in [0.15, 0.2) is 0 Å². The third-order valence-electron chi connectivity index (χ3n) is 3.80. The Bertz CT molecular complexity index is 275. The van der Waals surface area contributed by atoms with Gasteiger partial charge in [-0.15, -0.1) is 0 Å². The monoisotopic (exact) mass is 209 g/mol. The van der Waals surface area contributed by atoms with Gasteiger partial charge in [-0.3, -0.25) is 9.59 Å². The van der Waals surface area contributed by atoms with E-state index in [4.69, 9.17) is 0 Å². The highest BCUT2D eigenvalue weighted by Crippen LogP contribution is 2.38. The Labute approximate surface area is 90.6 Å². The highest BCUT2D eigenvalue weighted by atomic mass is 16.1. The van der Waals surface area contributed by atoms with Crippen molar-refractivity contribution in [3.63, 3.8) is 0 Å². The summed E-state index contributed by atoms with van der Waals surface area (Å²) in [5.41, 5.74) is 0. The lowest BCUT2D eigenvalue weighted by Gasteiger charge is -2.38. The van der Waals surface area contributed by atoms with Crippen molar-refractivity contribution in [2.24, 2.45) is 11.8 Å². The number of fused-ring (bicyclic) bond motifs is 1. The van der Waals surface area contributed by atoms with Crippen LogP contribution in [0.5, 0.6) is 0 Å². The molecular formula is C12H19NO2. The van der Waals surface area contributed by atoms with Crippen molar-refractivity contribution >= 4 is 11.7 Å². The van der Waals surface area contributed by atoms with Crippen LogP contribution >= 0.6 is 0 Å². The van der Waals surface area contributed by atoms with Gasteiger partial charge < -0.3 is 5.32 Å². The minimum absolute atomic E-state index is 0.0561. The van der Waals surface area contributed by atoms with Crippen LogP contribution in [-0.4, -0.2) is 17.7 Å². The van der Waals surface area contributed by atoms with E-state index in [0.29, 0.717) is 23.7 Å². The van der Waals surface area contributed by atoms with E-state index in [1.165, 1.54) is 6.42 Å². The molecule has 2 aliphatic rings. The van der Waals surface area contributed by atoms with Crippen molar-refractivity contribution in [3.8, 4) is 0 Å². The highest BCUT2D eigenvalue weighted by Gasteiger charge is 2.36. The highest BCUT2D eigenvalue weighted by molar-refractivity contribution is 5.82. The molecule has 0 aromatic rings.